The molecule has 1 saturated heterocycles. The summed E-state index contributed by atoms with van der Waals surface area (Å²) in [7, 11) is 0. The van der Waals surface area contributed by atoms with E-state index in [9.17, 15) is 9.59 Å². The molecule has 32 heavy (non-hydrogen) atoms. The standard InChI is InChI=1S/C26H31BrN2O3/c27-22-9-10-24(29-15-12-19-3-1-2-4-20(19)13-16-29)23(17-22)25(30)28-14-11-18-5-7-21(8-6-18)26(31)32/h5-10,17,19-20H,1-4,11-16H2,(H,28,30)(H,31,32). The molecule has 0 aromatic heterocycles. The lowest BCUT2D eigenvalue weighted by Gasteiger charge is -2.29. The maximum Gasteiger partial charge on any atom is 0.335 e. The molecule has 2 atom stereocenters. The second kappa shape index (κ2) is 10.5. The van der Waals surface area contributed by atoms with Crippen molar-refractivity contribution in [3.8, 4) is 0 Å². The predicted octanol–water partition coefficient (Wildman–Crippen LogP) is 5.53. The van der Waals surface area contributed by atoms with Crippen LogP contribution in [0.5, 0.6) is 0 Å². The average molecular weight is 499 g/mol. The van der Waals surface area contributed by atoms with Crippen LogP contribution >= 0.6 is 15.9 Å². The number of nitrogens with one attached hydrogen (secondary N) is 1. The van der Waals surface area contributed by atoms with Crippen LogP contribution in [0.2, 0.25) is 0 Å². The van der Waals surface area contributed by atoms with Crippen molar-refractivity contribution in [2.24, 2.45) is 11.8 Å². The molecule has 170 valence electrons. The molecule has 0 bridgehead atoms. The average Bonchev–Trinajstić information content (AvgIpc) is 3.02. The van der Waals surface area contributed by atoms with E-state index in [1.54, 1.807) is 24.3 Å². The first-order valence-corrected chi connectivity index (χ1v) is 12.5. The third kappa shape index (κ3) is 5.52. The first kappa shape index (κ1) is 22.8. The second-order valence-electron chi connectivity index (χ2n) is 9.04. The van der Waals surface area contributed by atoms with Crippen LogP contribution in [0.25, 0.3) is 0 Å². The summed E-state index contributed by atoms with van der Waals surface area (Å²) in [6, 6.07) is 12.8. The Morgan fingerprint density at radius 2 is 1.62 bits per heavy atom. The van der Waals surface area contributed by atoms with Crippen molar-refractivity contribution in [3.05, 3.63) is 63.6 Å². The molecule has 1 saturated carbocycles. The molecule has 1 aliphatic heterocycles. The van der Waals surface area contributed by atoms with Crippen LogP contribution in [0.15, 0.2) is 46.9 Å². The predicted molar refractivity (Wildman–Crippen MR) is 130 cm³/mol. The molecular formula is C26H31BrN2O3. The lowest BCUT2D eigenvalue weighted by atomic mass is 9.77. The topological polar surface area (TPSA) is 69.6 Å². The molecule has 1 heterocycles. The van der Waals surface area contributed by atoms with E-state index in [4.69, 9.17) is 5.11 Å². The van der Waals surface area contributed by atoms with Gasteiger partial charge < -0.3 is 15.3 Å². The zero-order valence-corrected chi connectivity index (χ0v) is 19.9. The van der Waals surface area contributed by atoms with Crippen LogP contribution in [0.1, 0.15) is 64.8 Å². The van der Waals surface area contributed by atoms with Crippen molar-refractivity contribution in [3.63, 3.8) is 0 Å². The Hall–Kier alpha value is -2.34. The highest BCUT2D eigenvalue weighted by atomic mass is 79.9. The van der Waals surface area contributed by atoms with Crippen molar-refractivity contribution in [1.82, 2.24) is 5.32 Å². The summed E-state index contributed by atoms with van der Waals surface area (Å²) in [5.74, 6) is 0.688. The second-order valence-corrected chi connectivity index (χ2v) is 9.95. The summed E-state index contributed by atoms with van der Waals surface area (Å²) >= 11 is 3.53. The zero-order valence-electron chi connectivity index (χ0n) is 18.4. The molecule has 0 radical (unpaired) electrons. The monoisotopic (exact) mass is 498 g/mol. The molecule has 2 aromatic rings. The number of rotatable bonds is 6. The lowest BCUT2D eigenvalue weighted by molar-refractivity contribution is 0.0696. The fraction of sp³-hybridized carbons (Fsp3) is 0.462. The van der Waals surface area contributed by atoms with Crippen LogP contribution in [0, 0.1) is 11.8 Å². The van der Waals surface area contributed by atoms with Crippen molar-refractivity contribution >= 4 is 33.5 Å². The number of carboxylic acids is 1. The summed E-state index contributed by atoms with van der Waals surface area (Å²) in [4.78, 5) is 26.5. The highest BCUT2D eigenvalue weighted by Crippen LogP contribution is 2.38. The van der Waals surface area contributed by atoms with E-state index in [-0.39, 0.29) is 11.5 Å². The third-order valence-corrected chi connectivity index (χ3v) is 7.54. The van der Waals surface area contributed by atoms with Crippen LogP contribution in [-0.2, 0) is 6.42 Å². The van der Waals surface area contributed by atoms with E-state index in [2.05, 4.69) is 32.2 Å². The van der Waals surface area contributed by atoms with Gasteiger partial charge in [0.25, 0.3) is 5.91 Å². The minimum Gasteiger partial charge on any atom is -0.478 e. The van der Waals surface area contributed by atoms with Gasteiger partial charge in [-0.05, 0) is 67.0 Å². The highest BCUT2D eigenvalue weighted by Gasteiger charge is 2.29. The molecule has 0 spiro atoms. The van der Waals surface area contributed by atoms with Gasteiger partial charge in [0.2, 0.25) is 0 Å². The molecule has 2 aromatic carbocycles. The molecule has 2 fully saturated rings. The Morgan fingerprint density at radius 1 is 0.969 bits per heavy atom. The number of fused-ring (bicyclic) bond motifs is 1. The summed E-state index contributed by atoms with van der Waals surface area (Å²) < 4.78 is 0.902. The molecule has 6 heteroatoms. The SMILES string of the molecule is O=C(O)c1ccc(CCNC(=O)c2cc(Br)ccc2N2CCC3CCCCC3CC2)cc1. The van der Waals surface area contributed by atoms with E-state index in [0.717, 1.165) is 40.6 Å². The van der Waals surface area contributed by atoms with Crippen molar-refractivity contribution in [2.45, 2.75) is 44.9 Å². The summed E-state index contributed by atoms with van der Waals surface area (Å²) in [5.41, 5.74) is 3.01. The highest BCUT2D eigenvalue weighted by molar-refractivity contribution is 9.10. The van der Waals surface area contributed by atoms with Gasteiger partial charge in [-0.25, -0.2) is 4.79 Å². The minimum absolute atomic E-state index is 0.0647. The quantitative estimate of drug-likeness (QED) is 0.549. The van der Waals surface area contributed by atoms with Crippen LogP contribution in [0.3, 0.4) is 0 Å². The Morgan fingerprint density at radius 3 is 2.25 bits per heavy atom. The molecular weight excluding hydrogens is 468 g/mol. The number of hydrogen-bond acceptors (Lipinski definition) is 3. The van der Waals surface area contributed by atoms with E-state index < -0.39 is 5.97 Å². The first-order valence-electron chi connectivity index (χ1n) is 11.7. The van der Waals surface area contributed by atoms with Gasteiger partial charge in [0.05, 0.1) is 11.1 Å². The first-order chi connectivity index (χ1) is 15.5. The number of hydrogen-bond donors (Lipinski definition) is 2. The van der Waals surface area contributed by atoms with E-state index in [1.807, 2.05) is 12.1 Å². The summed E-state index contributed by atoms with van der Waals surface area (Å²) in [5, 5.41) is 12.1. The Kier molecular flexibility index (Phi) is 7.51. The van der Waals surface area contributed by atoms with Gasteiger partial charge in [-0.15, -0.1) is 0 Å². The number of amides is 1. The smallest absolute Gasteiger partial charge is 0.335 e. The normalized spacial score (nSPS) is 20.8. The van der Waals surface area contributed by atoms with Gasteiger partial charge >= 0.3 is 5.97 Å². The van der Waals surface area contributed by atoms with Crippen molar-refractivity contribution < 1.29 is 14.7 Å². The number of benzene rings is 2. The lowest BCUT2D eigenvalue weighted by Crippen LogP contribution is -2.30. The summed E-state index contributed by atoms with van der Waals surface area (Å²) in [6.07, 6.45) is 8.54. The molecule has 1 aliphatic carbocycles. The molecule has 2 N–H and O–H groups in total. The fourth-order valence-corrected chi connectivity index (χ4v) is 5.60. The van der Waals surface area contributed by atoms with Gasteiger partial charge in [0, 0.05) is 29.8 Å². The maximum atomic E-state index is 13.1. The molecule has 2 aliphatic rings. The molecule has 4 rings (SSSR count). The molecule has 2 unspecified atom stereocenters. The fourth-order valence-electron chi connectivity index (χ4n) is 5.24. The number of carboxylic acid groups (broad SMARTS) is 1. The van der Waals surface area contributed by atoms with Gasteiger partial charge in [0.1, 0.15) is 0 Å². The van der Waals surface area contributed by atoms with Gasteiger partial charge in [0.15, 0.2) is 0 Å². The van der Waals surface area contributed by atoms with Crippen LogP contribution in [-0.4, -0.2) is 36.6 Å². The van der Waals surface area contributed by atoms with Crippen molar-refractivity contribution in [2.75, 3.05) is 24.5 Å². The Balaban J connectivity index is 1.41. The number of carbonyl (C=O) groups excluding carboxylic acids is 1. The Labute approximate surface area is 198 Å². The van der Waals surface area contributed by atoms with Gasteiger partial charge in [-0.1, -0.05) is 53.7 Å². The number of nitrogens with zero attached hydrogens (tertiary/aromatic N) is 1. The van der Waals surface area contributed by atoms with Gasteiger partial charge in [-0.2, -0.15) is 0 Å². The van der Waals surface area contributed by atoms with E-state index >= 15 is 0 Å². The van der Waals surface area contributed by atoms with Gasteiger partial charge in [-0.3, -0.25) is 4.79 Å². The largest absolute Gasteiger partial charge is 0.478 e. The minimum atomic E-state index is -0.931. The third-order valence-electron chi connectivity index (χ3n) is 7.05. The van der Waals surface area contributed by atoms with Crippen molar-refractivity contribution in [1.29, 1.82) is 0 Å². The number of anilines is 1. The van der Waals surface area contributed by atoms with E-state index in [1.165, 1.54) is 38.5 Å². The van der Waals surface area contributed by atoms with E-state index in [0.29, 0.717) is 18.5 Å². The Bertz CT molecular complexity index is 944. The number of carbonyl (C=O) groups is 2. The summed E-state index contributed by atoms with van der Waals surface area (Å²) in [6.45, 7) is 2.53. The number of aromatic carboxylic acids is 1. The zero-order chi connectivity index (χ0) is 22.5. The maximum absolute atomic E-state index is 13.1. The van der Waals surface area contributed by atoms with Crippen LogP contribution < -0.4 is 10.2 Å². The molecule has 1 amide bonds. The van der Waals surface area contributed by atoms with Crippen LogP contribution in [0.4, 0.5) is 5.69 Å². The molecule has 5 nitrogen and oxygen atoms in total. The number of halogens is 1.